The normalized spacial score (nSPS) is 15.8. The molecule has 4 nitrogen and oxygen atoms in total. The third-order valence-electron chi connectivity index (χ3n) is 2.04. The number of hydrazine groups is 1. The van der Waals surface area contributed by atoms with Gasteiger partial charge in [0.1, 0.15) is 0 Å². The Morgan fingerprint density at radius 3 is 3.00 bits per heavy atom. The first-order chi connectivity index (χ1) is 6.33. The predicted octanol–water partition coefficient (Wildman–Crippen LogP) is 0.654. The maximum absolute atomic E-state index is 11.1. The second-order valence-corrected chi connectivity index (χ2v) is 3.10. The molecule has 0 aromatic rings. The summed E-state index contributed by atoms with van der Waals surface area (Å²) < 4.78 is 0. The minimum atomic E-state index is -0.153. The lowest BCUT2D eigenvalue weighted by molar-refractivity contribution is -0.124. The highest BCUT2D eigenvalue weighted by Crippen LogP contribution is 2.19. The Hall–Kier alpha value is -1.32. The molecule has 0 bridgehead atoms. The van der Waals surface area contributed by atoms with Crippen molar-refractivity contribution in [3.05, 3.63) is 11.6 Å². The summed E-state index contributed by atoms with van der Waals surface area (Å²) in [5, 5.41) is 0. The molecule has 0 atom stereocenters. The number of amides is 2. The van der Waals surface area contributed by atoms with Crippen LogP contribution < -0.4 is 10.9 Å². The number of hydrogen-bond acceptors (Lipinski definition) is 2. The second kappa shape index (κ2) is 5.35. The minimum Gasteiger partial charge on any atom is -0.277 e. The average Bonchev–Trinajstić information content (AvgIpc) is 2.16. The molecule has 1 rings (SSSR count). The van der Waals surface area contributed by atoms with Gasteiger partial charge in [0, 0.05) is 6.42 Å². The Bertz CT molecular complexity index is 224. The zero-order chi connectivity index (χ0) is 9.52. The molecule has 0 saturated heterocycles. The summed E-state index contributed by atoms with van der Waals surface area (Å²) in [6.45, 7) is 0. The van der Waals surface area contributed by atoms with Gasteiger partial charge in [-0.2, -0.15) is 0 Å². The summed E-state index contributed by atoms with van der Waals surface area (Å²) in [6, 6.07) is 0. The fourth-order valence-corrected chi connectivity index (χ4v) is 1.43. The van der Waals surface area contributed by atoms with E-state index >= 15 is 0 Å². The van der Waals surface area contributed by atoms with Crippen LogP contribution in [0, 0.1) is 0 Å². The van der Waals surface area contributed by atoms with Crippen LogP contribution in [-0.4, -0.2) is 12.3 Å². The van der Waals surface area contributed by atoms with E-state index in [-0.39, 0.29) is 5.91 Å². The third-order valence-corrected chi connectivity index (χ3v) is 2.04. The van der Waals surface area contributed by atoms with Crippen LogP contribution in [-0.2, 0) is 9.59 Å². The van der Waals surface area contributed by atoms with Crippen LogP contribution >= 0.6 is 0 Å². The van der Waals surface area contributed by atoms with Crippen LogP contribution in [0.15, 0.2) is 11.6 Å². The van der Waals surface area contributed by atoms with Crippen molar-refractivity contribution in [2.45, 2.75) is 32.1 Å². The van der Waals surface area contributed by atoms with Crippen molar-refractivity contribution >= 4 is 12.3 Å². The lowest BCUT2D eigenvalue weighted by Crippen LogP contribution is -2.36. The first-order valence-corrected chi connectivity index (χ1v) is 4.49. The van der Waals surface area contributed by atoms with Gasteiger partial charge in [0.05, 0.1) is 0 Å². The summed E-state index contributed by atoms with van der Waals surface area (Å²) in [7, 11) is 0. The summed E-state index contributed by atoms with van der Waals surface area (Å²) in [5.41, 5.74) is 5.59. The number of carbonyl (C=O) groups excluding carboxylic acids is 2. The molecule has 2 amide bonds. The molecule has 0 aliphatic heterocycles. The molecule has 0 unspecified atom stereocenters. The van der Waals surface area contributed by atoms with Crippen molar-refractivity contribution in [2.75, 3.05) is 0 Å². The van der Waals surface area contributed by atoms with Crippen LogP contribution in [0.2, 0.25) is 0 Å². The van der Waals surface area contributed by atoms with E-state index in [0.29, 0.717) is 12.8 Å². The van der Waals surface area contributed by atoms with Gasteiger partial charge in [0.25, 0.3) is 0 Å². The molecule has 0 radical (unpaired) electrons. The van der Waals surface area contributed by atoms with Crippen LogP contribution in [0.25, 0.3) is 0 Å². The first-order valence-electron chi connectivity index (χ1n) is 4.49. The van der Waals surface area contributed by atoms with E-state index in [9.17, 15) is 9.59 Å². The Morgan fingerprint density at radius 2 is 2.38 bits per heavy atom. The molecule has 72 valence electrons. The summed E-state index contributed by atoms with van der Waals surface area (Å²) in [6.07, 6.45) is 7.44. The highest BCUT2D eigenvalue weighted by Gasteiger charge is 2.07. The summed E-state index contributed by atoms with van der Waals surface area (Å²) in [4.78, 5) is 21.0. The minimum absolute atomic E-state index is 0.153. The van der Waals surface area contributed by atoms with E-state index in [2.05, 4.69) is 16.9 Å². The standard InChI is InChI=1S/C9H14N2O2/c12-7-10-11-9(13)6-8-4-2-1-3-5-8/h4,7H,1-3,5-6H2,(H,10,12)(H,11,13). The highest BCUT2D eigenvalue weighted by molar-refractivity contribution is 5.79. The molecule has 0 heterocycles. The van der Waals surface area contributed by atoms with E-state index in [1.807, 2.05) is 0 Å². The zero-order valence-corrected chi connectivity index (χ0v) is 7.51. The van der Waals surface area contributed by atoms with Gasteiger partial charge in [-0.3, -0.25) is 20.4 Å². The molecule has 0 aromatic heterocycles. The van der Waals surface area contributed by atoms with E-state index in [4.69, 9.17) is 0 Å². The maximum Gasteiger partial charge on any atom is 0.242 e. The van der Waals surface area contributed by atoms with Gasteiger partial charge >= 0.3 is 0 Å². The molecule has 1 aliphatic rings. The summed E-state index contributed by atoms with van der Waals surface area (Å²) in [5.74, 6) is -0.153. The molecule has 13 heavy (non-hydrogen) atoms. The van der Waals surface area contributed by atoms with Gasteiger partial charge in [0.15, 0.2) is 0 Å². The quantitative estimate of drug-likeness (QED) is 0.381. The first kappa shape index (κ1) is 9.77. The monoisotopic (exact) mass is 182 g/mol. The molecule has 0 saturated carbocycles. The number of rotatable bonds is 4. The fourth-order valence-electron chi connectivity index (χ4n) is 1.43. The van der Waals surface area contributed by atoms with Crippen LogP contribution in [0.4, 0.5) is 0 Å². The van der Waals surface area contributed by atoms with Gasteiger partial charge < -0.3 is 0 Å². The smallest absolute Gasteiger partial charge is 0.242 e. The molecule has 4 heteroatoms. The number of nitrogens with one attached hydrogen (secondary N) is 2. The van der Waals surface area contributed by atoms with E-state index in [1.54, 1.807) is 0 Å². The molecule has 0 aromatic carbocycles. The molecule has 2 N–H and O–H groups in total. The summed E-state index contributed by atoms with van der Waals surface area (Å²) >= 11 is 0. The Labute approximate surface area is 77.4 Å². The lowest BCUT2D eigenvalue weighted by Gasteiger charge is -2.11. The van der Waals surface area contributed by atoms with Crippen molar-refractivity contribution in [1.82, 2.24) is 10.9 Å². The number of hydrogen-bond donors (Lipinski definition) is 2. The van der Waals surface area contributed by atoms with Gasteiger partial charge in [-0.1, -0.05) is 11.6 Å². The van der Waals surface area contributed by atoms with E-state index in [1.165, 1.54) is 18.4 Å². The van der Waals surface area contributed by atoms with Gasteiger partial charge in [-0.15, -0.1) is 0 Å². The van der Waals surface area contributed by atoms with Gasteiger partial charge in [0.2, 0.25) is 12.3 Å². The van der Waals surface area contributed by atoms with Gasteiger partial charge in [-0.25, -0.2) is 0 Å². The Balaban J connectivity index is 2.26. The largest absolute Gasteiger partial charge is 0.277 e. The van der Waals surface area contributed by atoms with Crippen LogP contribution in [0.5, 0.6) is 0 Å². The average molecular weight is 182 g/mol. The molecule has 0 fully saturated rings. The topological polar surface area (TPSA) is 58.2 Å². The van der Waals surface area contributed by atoms with Gasteiger partial charge in [-0.05, 0) is 25.7 Å². The van der Waals surface area contributed by atoms with Crippen LogP contribution in [0.3, 0.4) is 0 Å². The molecular formula is C9H14N2O2. The third kappa shape index (κ3) is 3.73. The molecule has 1 aliphatic carbocycles. The molecular weight excluding hydrogens is 168 g/mol. The van der Waals surface area contributed by atoms with Crippen molar-refractivity contribution in [3.8, 4) is 0 Å². The Morgan fingerprint density at radius 1 is 1.54 bits per heavy atom. The van der Waals surface area contributed by atoms with Crippen molar-refractivity contribution in [2.24, 2.45) is 0 Å². The Kier molecular flexibility index (Phi) is 4.02. The van der Waals surface area contributed by atoms with E-state index < -0.39 is 0 Å². The molecule has 0 spiro atoms. The predicted molar refractivity (Wildman–Crippen MR) is 48.5 cm³/mol. The zero-order valence-electron chi connectivity index (χ0n) is 7.51. The van der Waals surface area contributed by atoms with Crippen molar-refractivity contribution in [3.63, 3.8) is 0 Å². The van der Waals surface area contributed by atoms with Crippen molar-refractivity contribution in [1.29, 1.82) is 0 Å². The lowest BCUT2D eigenvalue weighted by atomic mass is 9.97. The SMILES string of the molecule is O=CNNC(=O)CC1=CCCCC1. The fraction of sp³-hybridized carbons (Fsp3) is 0.556. The van der Waals surface area contributed by atoms with Crippen molar-refractivity contribution < 1.29 is 9.59 Å². The second-order valence-electron chi connectivity index (χ2n) is 3.10. The van der Waals surface area contributed by atoms with E-state index in [0.717, 1.165) is 12.8 Å². The number of carbonyl (C=O) groups is 2. The number of allylic oxidation sites excluding steroid dienone is 1. The van der Waals surface area contributed by atoms with Crippen LogP contribution in [0.1, 0.15) is 32.1 Å². The maximum atomic E-state index is 11.1. The highest BCUT2D eigenvalue weighted by atomic mass is 16.2.